The summed E-state index contributed by atoms with van der Waals surface area (Å²) in [6.07, 6.45) is 23.5. The second-order valence-electron chi connectivity index (χ2n) is 11.8. The lowest BCUT2D eigenvalue weighted by Crippen LogP contribution is -2.21. The Kier molecular flexibility index (Phi) is 7.99. The van der Waals surface area contributed by atoms with Gasteiger partial charge in [0.15, 0.2) is 0 Å². The summed E-state index contributed by atoms with van der Waals surface area (Å²) in [5, 5.41) is 0. The molecular weight excluding hydrogens is 360 g/mol. The van der Waals surface area contributed by atoms with Crippen molar-refractivity contribution in [2.45, 2.75) is 124 Å². The van der Waals surface area contributed by atoms with E-state index in [9.17, 15) is 0 Å². The minimum absolute atomic E-state index is 0.940. The monoisotopic (exact) mass is 408 g/mol. The summed E-state index contributed by atoms with van der Waals surface area (Å²) in [5.74, 6) is 4.99. The van der Waals surface area contributed by atoms with Crippen LogP contribution in [0.5, 0.6) is 0 Å². The standard InChI is InChI=1S/C30H48/c1-22-9-11-26(12-10-22)19-27-13-15-28(16-14-27)21-30-18-17-29(23(2)24(30)3)20-25-7-5-4-6-8-25/h17-18,22,25-28H,4-16,19-21H2,1-3H3. The third-order valence-corrected chi connectivity index (χ3v) is 9.52. The van der Waals surface area contributed by atoms with Crippen molar-refractivity contribution in [3.8, 4) is 0 Å². The normalized spacial score (nSPS) is 31.0. The van der Waals surface area contributed by atoms with Crippen LogP contribution < -0.4 is 0 Å². The zero-order chi connectivity index (χ0) is 20.9. The van der Waals surface area contributed by atoms with Gasteiger partial charge in [-0.3, -0.25) is 0 Å². The Morgan fingerprint density at radius 2 is 1.00 bits per heavy atom. The lowest BCUT2D eigenvalue weighted by atomic mass is 9.72. The molecule has 0 saturated heterocycles. The van der Waals surface area contributed by atoms with Crippen LogP contribution in [0, 0.1) is 43.4 Å². The van der Waals surface area contributed by atoms with E-state index in [0.717, 1.165) is 29.6 Å². The van der Waals surface area contributed by atoms with E-state index < -0.39 is 0 Å². The molecule has 30 heavy (non-hydrogen) atoms. The largest absolute Gasteiger partial charge is 0.0625 e. The Bertz CT molecular complexity index is 649. The van der Waals surface area contributed by atoms with Gasteiger partial charge in [-0.25, -0.2) is 0 Å². The second kappa shape index (κ2) is 10.7. The molecule has 0 nitrogen and oxygen atoms in total. The fourth-order valence-corrected chi connectivity index (χ4v) is 7.10. The summed E-state index contributed by atoms with van der Waals surface area (Å²) in [4.78, 5) is 0. The maximum atomic E-state index is 2.51. The lowest BCUT2D eigenvalue weighted by molar-refractivity contribution is 0.195. The molecule has 1 aromatic carbocycles. The van der Waals surface area contributed by atoms with Crippen LogP contribution in [0.1, 0.15) is 119 Å². The molecule has 0 amide bonds. The fourth-order valence-electron chi connectivity index (χ4n) is 7.10. The van der Waals surface area contributed by atoms with Gasteiger partial charge in [-0.05, 0) is 97.8 Å². The molecule has 0 spiro atoms. The molecule has 3 aliphatic carbocycles. The van der Waals surface area contributed by atoms with Gasteiger partial charge in [0.05, 0.1) is 0 Å². The summed E-state index contributed by atoms with van der Waals surface area (Å²) in [6, 6.07) is 5.01. The Labute approximate surface area is 187 Å². The Morgan fingerprint density at radius 1 is 0.567 bits per heavy atom. The van der Waals surface area contributed by atoms with Gasteiger partial charge in [0.1, 0.15) is 0 Å². The van der Waals surface area contributed by atoms with Gasteiger partial charge in [0, 0.05) is 0 Å². The molecule has 0 unspecified atom stereocenters. The highest BCUT2D eigenvalue weighted by molar-refractivity contribution is 5.40. The molecule has 0 heterocycles. The average Bonchev–Trinajstić information content (AvgIpc) is 2.77. The summed E-state index contributed by atoms with van der Waals surface area (Å²) in [7, 11) is 0. The Balaban J connectivity index is 1.26. The highest BCUT2D eigenvalue weighted by Crippen LogP contribution is 2.39. The predicted octanol–water partition coefficient (Wildman–Crippen LogP) is 8.99. The lowest BCUT2D eigenvalue weighted by Gasteiger charge is -2.33. The molecule has 4 rings (SSSR count). The van der Waals surface area contributed by atoms with Gasteiger partial charge >= 0.3 is 0 Å². The molecule has 3 fully saturated rings. The molecular formula is C30H48. The zero-order valence-corrected chi connectivity index (χ0v) is 20.4. The number of hydrogen-bond donors (Lipinski definition) is 0. The van der Waals surface area contributed by atoms with E-state index in [1.165, 1.54) is 96.3 Å². The molecule has 0 heteroatoms. The van der Waals surface area contributed by atoms with E-state index in [4.69, 9.17) is 0 Å². The van der Waals surface area contributed by atoms with Gasteiger partial charge in [-0.2, -0.15) is 0 Å². The Morgan fingerprint density at radius 3 is 1.53 bits per heavy atom. The van der Waals surface area contributed by atoms with Crippen molar-refractivity contribution in [3.63, 3.8) is 0 Å². The van der Waals surface area contributed by atoms with E-state index in [2.05, 4.69) is 32.9 Å². The van der Waals surface area contributed by atoms with Gasteiger partial charge in [0.2, 0.25) is 0 Å². The first kappa shape index (κ1) is 22.4. The summed E-state index contributed by atoms with van der Waals surface area (Å²) >= 11 is 0. The molecule has 0 bridgehead atoms. The molecule has 0 radical (unpaired) electrons. The van der Waals surface area contributed by atoms with E-state index in [-0.39, 0.29) is 0 Å². The van der Waals surface area contributed by atoms with Crippen molar-refractivity contribution in [1.29, 1.82) is 0 Å². The highest BCUT2D eigenvalue weighted by Gasteiger charge is 2.26. The quantitative estimate of drug-likeness (QED) is 0.440. The second-order valence-corrected chi connectivity index (χ2v) is 11.8. The maximum absolute atomic E-state index is 2.51. The van der Waals surface area contributed by atoms with Crippen LogP contribution in [-0.4, -0.2) is 0 Å². The van der Waals surface area contributed by atoms with E-state index in [0.29, 0.717) is 0 Å². The first-order chi connectivity index (χ1) is 14.6. The van der Waals surface area contributed by atoms with Gasteiger partial charge in [0.25, 0.3) is 0 Å². The van der Waals surface area contributed by atoms with E-state index in [1.807, 2.05) is 0 Å². The van der Waals surface area contributed by atoms with Gasteiger partial charge < -0.3 is 0 Å². The van der Waals surface area contributed by atoms with Crippen molar-refractivity contribution < 1.29 is 0 Å². The van der Waals surface area contributed by atoms with Gasteiger partial charge in [-0.15, -0.1) is 0 Å². The average molecular weight is 409 g/mol. The van der Waals surface area contributed by atoms with Crippen molar-refractivity contribution in [2.75, 3.05) is 0 Å². The van der Waals surface area contributed by atoms with Crippen molar-refractivity contribution in [2.24, 2.45) is 29.6 Å². The summed E-state index contributed by atoms with van der Waals surface area (Å²) in [5.41, 5.74) is 6.53. The third kappa shape index (κ3) is 5.92. The van der Waals surface area contributed by atoms with Gasteiger partial charge in [-0.1, -0.05) is 89.7 Å². The number of benzene rings is 1. The van der Waals surface area contributed by atoms with E-state index >= 15 is 0 Å². The molecule has 0 aliphatic heterocycles. The molecule has 0 aromatic heterocycles. The van der Waals surface area contributed by atoms with E-state index in [1.54, 1.807) is 28.7 Å². The van der Waals surface area contributed by atoms with Crippen LogP contribution >= 0.6 is 0 Å². The van der Waals surface area contributed by atoms with Crippen LogP contribution in [0.4, 0.5) is 0 Å². The van der Waals surface area contributed by atoms with Crippen LogP contribution in [0.25, 0.3) is 0 Å². The van der Waals surface area contributed by atoms with Crippen LogP contribution in [-0.2, 0) is 12.8 Å². The molecule has 1 aromatic rings. The predicted molar refractivity (Wildman–Crippen MR) is 131 cm³/mol. The first-order valence-electron chi connectivity index (χ1n) is 13.7. The zero-order valence-electron chi connectivity index (χ0n) is 20.4. The maximum Gasteiger partial charge on any atom is -0.0248 e. The third-order valence-electron chi connectivity index (χ3n) is 9.52. The molecule has 0 atom stereocenters. The summed E-state index contributed by atoms with van der Waals surface area (Å²) in [6.45, 7) is 7.26. The minimum Gasteiger partial charge on any atom is -0.0625 e. The Hall–Kier alpha value is -0.780. The first-order valence-corrected chi connectivity index (χ1v) is 13.7. The molecule has 0 N–H and O–H groups in total. The van der Waals surface area contributed by atoms with Crippen molar-refractivity contribution in [1.82, 2.24) is 0 Å². The molecule has 3 aliphatic rings. The van der Waals surface area contributed by atoms with Crippen molar-refractivity contribution in [3.05, 3.63) is 34.4 Å². The smallest absolute Gasteiger partial charge is 0.0248 e. The topological polar surface area (TPSA) is 0 Å². The highest BCUT2D eigenvalue weighted by atomic mass is 14.3. The fraction of sp³-hybridized carbons (Fsp3) is 0.800. The van der Waals surface area contributed by atoms with Crippen LogP contribution in [0.3, 0.4) is 0 Å². The molecule has 3 saturated carbocycles. The SMILES string of the molecule is Cc1c(CC2CCCCC2)ccc(CC2CCC(CC3CCC(C)CC3)CC2)c1C. The molecule has 168 valence electrons. The van der Waals surface area contributed by atoms with Crippen LogP contribution in [0.2, 0.25) is 0 Å². The minimum atomic E-state index is 0.940. The van der Waals surface area contributed by atoms with Crippen molar-refractivity contribution >= 4 is 0 Å². The number of rotatable bonds is 6. The number of hydrogen-bond acceptors (Lipinski definition) is 0. The summed E-state index contributed by atoms with van der Waals surface area (Å²) < 4.78 is 0. The van der Waals surface area contributed by atoms with Crippen LogP contribution in [0.15, 0.2) is 12.1 Å².